The molecule has 0 saturated heterocycles. The minimum Gasteiger partial charge on any atom is -0.306 e. The van der Waals surface area contributed by atoms with Gasteiger partial charge in [-0.25, -0.2) is 0 Å². The van der Waals surface area contributed by atoms with E-state index in [2.05, 4.69) is 84.6 Å². The summed E-state index contributed by atoms with van der Waals surface area (Å²) in [5.74, 6) is 0.458. The van der Waals surface area contributed by atoms with Crippen LogP contribution >= 0.6 is 0 Å². The van der Waals surface area contributed by atoms with Gasteiger partial charge in [0.2, 0.25) is 0 Å². The summed E-state index contributed by atoms with van der Waals surface area (Å²) in [6.45, 7) is 0. The van der Waals surface area contributed by atoms with E-state index in [4.69, 9.17) is 0 Å². The van der Waals surface area contributed by atoms with E-state index in [9.17, 15) is 0 Å². The lowest BCUT2D eigenvalue weighted by Crippen LogP contribution is -2.35. The first-order valence-electron chi connectivity index (χ1n) is 8.97. The van der Waals surface area contributed by atoms with Gasteiger partial charge in [-0.1, -0.05) is 48.5 Å². The molecule has 2 aromatic carbocycles. The molecule has 25 heavy (non-hydrogen) atoms. The van der Waals surface area contributed by atoms with Gasteiger partial charge in [0.25, 0.3) is 0 Å². The van der Waals surface area contributed by atoms with Gasteiger partial charge in [-0.05, 0) is 66.9 Å². The standard InChI is InChI=1S/C23H24N2/c1-25(2)21-15-20-6-3-4-9-22(20)23(16-21)19-8-5-7-18(14-19)17-10-12-24-13-11-17/h3-14,21,23H,15-16H2,1-2H3/t21-,23-/m1/s1. The first-order valence-corrected chi connectivity index (χ1v) is 8.97. The summed E-state index contributed by atoms with van der Waals surface area (Å²) in [6, 6.07) is 22.7. The van der Waals surface area contributed by atoms with Crippen LogP contribution < -0.4 is 0 Å². The van der Waals surface area contributed by atoms with Crippen LogP contribution in [0.5, 0.6) is 0 Å². The summed E-state index contributed by atoms with van der Waals surface area (Å²) in [5, 5.41) is 0. The monoisotopic (exact) mass is 328 g/mol. The highest BCUT2D eigenvalue weighted by atomic mass is 15.1. The van der Waals surface area contributed by atoms with Gasteiger partial charge in [-0.15, -0.1) is 0 Å². The number of nitrogens with zero attached hydrogens (tertiary/aromatic N) is 2. The Morgan fingerprint density at radius 3 is 2.48 bits per heavy atom. The second kappa shape index (κ2) is 6.81. The molecule has 0 bridgehead atoms. The molecule has 3 aromatic rings. The van der Waals surface area contributed by atoms with Gasteiger partial charge in [0, 0.05) is 24.4 Å². The lowest BCUT2D eigenvalue weighted by Gasteiger charge is -2.35. The van der Waals surface area contributed by atoms with Gasteiger partial charge in [-0.3, -0.25) is 4.98 Å². The number of pyridine rings is 1. The Balaban J connectivity index is 1.76. The Labute approximate surface area is 150 Å². The van der Waals surface area contributed by atoms with Crippen molar-refractivity contribution in [1.29, 1.82) is 0 Å². The summed E-state index contributed by atoms with van der Waals surface area (Å²) in [4.78, 5) is 6.51. The smallest absolute Gasteiger partial charge is 0.0273 e. The molecular formula is C23H24N2. The molecule has 0 saturated carbocycles. The molecule has 0 spiro atoms. The van der Waals surface area contributed by atoms with E-state index in [0.29, 0.717) is 12.0 Å². The predicted octanol–water partition coefficient (Wildman–Crippen LogP) is 4.76. The maximum Gasteiger partial charge on any atom is 0.0273 e. The minimum absolute atomic E-state index is 0.458. The lowest BCUT2D eigenvalue weighted by molar-refractivity contribution is 0.258. The summed E-state index contributed by atoms with van der Waals surface area (Å²) < 4.78 is 0. The lowest BCUT2D eigenvalue weighted by atomic mass is 9.76. The van der Waals surface area contributed by atoms with Crippen molar-refractivity contribution in [3.05, 3.63) is 89.7 Å². The highest BCUT2D eigenvalue weighted by Gasteiger charge is 2.28. The molecule has 1 aliphatic carbocycles. The Kier molecular flexibility index (Phi) is 4.37. The zero-order chi connectivity index (χ0) is 17.2. The van der Waals surface area contributed by atoms with Gasteiger partial charge < -0.3 is 4.90 Å². The van der Waals surface area contributed by atoms with Crippen LogP contribution in [0.25, 0.3) is 11.1 Å². The molecule has 0 unspecified atom stereocenters. The fourth-order valence-electron chi connectivity index (χ4n) is 3.98. The molecule has 2 heteroatoms. The molecule has 0 fully saturated rings. The summed E-state index contributed by atoms with van der Waals surface area (Å²) in [5.41, 5.74) is 6.89. The zero-order valence-electron chi connectivity index (χ0n) is 14.9. The normalized spacial score (nSPS) is 19.6. The van der Waals surface area contributed by atoms with Gasteiger partial charge >= 0.3 is 0 Å². The molecule has 2 atom stereocenters. The molecule has 1 aromatic heterocycles. The van der Waals surface area contributed by atoms with Crippen molar-refractivity contribution in [2.45, 2.75) is 24.8 Å². The second-order valence-corrected chi connectivity index (χ2v) is 7.17. The third-order valence-electron chi connectivity index (χ3n) is 5.43. The fourth-order valence-corrected chi connectivity index (χ4v) is 3.98. The molecule has 4 rings (SSSR count). The van der Waals surface area contributed by atoms with Gasteiger partial charge in [-0.2, -0.15) is 0 Å². The number of hydrogen-bond acceptors (Lipinski definition) is 2. The zero-order valence-corrected chi connectivity index (χ0v) is 14.9. The van der Waals surface area contributed by atoms with Crippen molar-refractivity contribution in [3.8, 4) is 11.1 Å². The molecule has 1 aliphatic rings. The van der Waals surface area contributed by atoms with Crippen LogP contribution in [0.1, 0.15) is 29.0 Å². The van der Waals surface area contributed by atoms with Crippen molar-refractivity contribution in [2.24, 2.45) is 0 Å². The molecule has 0 aliphatic heterocycles. The highest BCUT2D eigenvalue weighted by Crippen LogP contribution is 2.38. The molecular weight excluding hydrogens is 304 g/mol. The van der Waals surface area contributed by atoms with Gasteiger partial charge in [0.1, 0.15) is 0 Å². The third kappa shape index (κ3) is 3.22. The molecule has 126 valence electrons. The molecule has 2 nitrogen and oxygen atoms in total. The van der Waals surface area contributed by atoms with Crippen molar-refractivity contribution in [3.63, 3.8) is 0 Å². The van der Waals surface area contributed by atoms with Crippen LogP contribution in [0.2, 0.25) is 0 Å². The minimum atomic E-state index is 0.458. The summed E-state index contributed by atoms with van der Waals surface area (Å²) >= 11 is 0. The second-order valence-electron chi connectivity index (χ2n) is 7.17. The van der Waals surface area contributed by atoms with Crippen molar-refractivity contribution >= 4 is 0 Å². The van der Waals surface area contributed by atoms with Crippen molar-refractivity contribution in [1.82, 2.24) is 9.88 Å². The van der Waals surface area contributed by atoms with Gasteiger partial charge in [0.15, 0.2) is 0 Å². The van der Waals surface area contributed by atoms with E-state index in [1.807, 2.05) is 12.4 Å². The average Bonchev–Trinajstić information content (AvgIpc) is 2.68. The van der Waals surface area contributed by atoms with Gasteiger partial charge in [0.05, 0.1) is 0 Å². The van der Waals surface area contributed by atoms with Crippen molar-refractivity contribution in [2.75, 3.05) is 14.1 Å². The number of aromatic nitrogens is 1. The van der Waals surface area contributed by atoms with Crippen LogP contribution in [0.4, 0.5) is 0 Å². The molecule has 0 N–H and O–H groups in total. The number of fused-ring (bicyclic) bond motifs is 1. The highest BCUT2D eigenvalue weighted by molar-refractivity contribution is 5.64. The Morgan fingerprint density at radius 2 is 1.68 bits per heavy atom. The first-order chi connectivity index (χ1) is 12.2. The van der Waals surface area contributed by atoms with E-state index < -0.39 is 0 Å². The maximum absolute atomic E-state index is 4.14. The SMILES string of the molecule is CN(C)[C@@H]1Cc2ccccc2[C@@H](c2cccc(-c3ccncc3)c2)C1. The molecule has 0 amide bonds. The summed E-state index contributed by atoms with van der Waals surface area (Å²) in [7, 11) is 4.39. The van der Waals surface area contributed by atoms with E-state index in [1.54, 1.807) is 0 Å². The fraction of sp³-hybridized carbons (Fsp3) is 0.261. The molecule has 1 heterocycles. The maximum atomic E-state index is 4.14. The third-order valence-corrected chi connectivity index (χ3v) is 5.43. The Morgan fingerprint density at radius 1 is 0.880 bits per heavy atom. The average molecular weight is 328 g/mol. The van der Waals surface area contributed by atoms with E-state index in [0.717, 1.165) is 6.42 Å². The van der Waals surface area contributed by atoms with Crippen LogP contribution in [-0.4, -0.2) is 30.0 Å². The largest absolute Gasteiger partial charge is 0.306 e. The van der Waals surface area contributed by atoms with Crippen LogP contribution in [0, 0.1) is 0 Å². The van der Waals surface area contributed by atoms with Crippen LogP contribution in [0.3, 0.4) is 0 Å². The van der Waals surface area contributed by atoms with E-state index in [1.165, 1.54) is 34.2 Å². The summed E-state index contributed by atoms with van der Waals surface area (Å²) in [6.07, 6.45) is 6.04. The first kappa shape index (κ1) is 16.0. The topological polar surface area (TPSA) is 16.1 Å². The Hall–Kier alpha value is -2.45. The quantitative estimate of drug-likeness (QED) is 0.689. The van der Waals surface area contributed by atoms with Crippen LogP contribution in [0.15, 0.2) is 73.1 Å². The number of rotatable bonds is 3. The van der Waals surface area contributed by atoms with Crippen LogP contribution in [-0.2, 0) is 6.42 Å². The van der Waals surface area contributed by atoms with E-state index in [-0.39, 0.29) is 0 Å². The molecule has 0 radical (unpaired) electrons. The predicted molar refractivity (Wildman–Crippen MR) is 104 cm³/mol. The van der Waals surface area contributed by atoms with E-state index >= 15 is 0 Å². The number of hydrogen-bond donors (Lipinski definition) is 0. The Bertz CT molecular complexity index is 855. The van der Waals surface area contributed by atoms with Crippen molar-refractivity contribution < 1.29 is 0 Å². The number of benzene rings is 2. The number of likely N-dealkylation sites (N-methyl/N-ethyl adjacent to an activating group) is 1.